The number of carbonyl (C=O) groups excluding carboxylic acids is 1. The number of benzene rings is 1. The first-order chi connectivity index (χ1) is 9.02. The van der Waals surface area contributed by atoms with Crippen LogP contribution in [-0.4, -0.2) is 30.6 Å². The maximum Gasteiger partial charge on any atom is 0.328 e. The maximum atomic E-state index is 11.7. The van der Waals surface area contributed by atoms with Gasteiger partial charge >= 0.3 is 5.97 Å². The molecule has 102 valence electrons. The maximum absolute atomic E-state index is 11.7. The van der Waals surface area contributed by atoms with Gasteiger partial charge in [-0.15, -0.1) is 0 Å². The third-order valence-electron chi connectivity index (χ3n) is 3.32. The predicted octanol–water partition coefficient (Wildman–Crippen LogP) is 2.05. The predicted molar refractivity (Wildman–Crippen MR) is 70.2 cm³/mol. The summed E-state index contributed by atoms with van der Waals surface area (Å²) in [6.45, 7) is 2.51. The summed E-state index contributed by atoms with van der Waals surface area (Å²) in [4.78, 5) is 24.1. The van der Waals surface area contributed by atoms with Crippen molar-refractivity contribution in [1.29, 1.82) is 0 Å². The minimum absolute atomic E-state index is 0.0468. The van der Waals surface area contributed by atoms with E-state index in [4.69, 9.17) is 4.74 Å². The SMILES string of the molecule is COC(=O)C1CCCN1c1cc(C)cc([N+](=O)[O-])c1. The Labute approximate surface area is 111 Å². The minimum Gasteiger partial charge on any atom is -0.467 e. The van der Waals surface area contributed by atoms with E-state index in [9.17, 15) is 14.9 Å². The smallest absolute Gasteiger partial charge is 0.328 e. The molecular weight excluding hydrogens is 248 g/mol. The summed E-state index contributed by atoms with van der Waals surface area (Å²) < 4.78 is 4.78. The molecule has 0 radical (unpaired) electrons. The first kappa shape index (κ1) is 13.3. The second kappa shape index (κ2) is 5.26. The molecule has 2 rings (SSSR count). The lowest BCUT2D eigenvalue weighted by Gasteiger charge is -2.24. The van der Waals surface area contributed by atoms with Gasteiger partial charge in [-0.1, -0.05) is 0 Å². The van der Waals surface area contributed by atoms with Gasteiger partial charge in [0.2, 0.25) is 0 Å². The monoisotopic (exact) mass is 264 g/mol. The zero-order chi connectivity index (χ0) is 14.0. The molecule has 1 heterocycles. The fourth-order valence-corrected chi connectivity index (χ4v) is 2.47. The highest BCUT2D eigenvalue weighted by Gasteiger charge is 2.32. The molecule has 1 unspecified atom stereocenters. The second-order valence-corrected chi connectivity index (χ2v) is 4.66. The van der Waals surface area contributed by atoms with Crippen molar-refractivity contribution >= 4 is 17.3 Å². The zero-order valence-electron chi connectivity index (χ0n) is 11.0. The van der Waals surface area contributed by atoms with Crippen molar-refractivity contribution < 1.29 is 14.5 Å². The van der Waals surface area contributed by atoms with Crippen LogP contribution in [-0.2, 0) is 9.53 Å². The summed E-state index contributed by atoms with van der Waals surface area (Å²) in [5.74, 6) is -0.290. The van der Waals surface area contributed by atoms with E-state index >= 15 is 0 Å². The second-order valence-electron chi connectivity index (χ2n) is 4.66. The average molecular weight is 264 g/mol. The number of nitrogens with zero attached hydrogens (tertiary/aromatic N) is 2. The van der Waals surface area contributed by atoms with Crippen LogP contribution in [0.15, 0.2) is 18.2 Å². The number of anilines is 1. The minimum atomic E-state index is -0.417. The summed E-state index contributed by atoms with van der Waals surface area (Å²) in [6, 6.07) is 4.54. The Kier molecular flexibility index (Phi) is 3.69. The molecule has 0 aromatic heterocycles. The summed E-state index contributed by atoms with van der Waals surface area (Å²) >= 11 is 0. The van der Waals surface area contributed by atoms with Gasteiger partial charge < -0.3 is 9.64 Å². The van der Waals surface area contributed by atoms with Gasteiger partial charge in [-0.3, -0.25) is 10.1 Å². The number of aryl methyl sites for hydroxylation is 1. The number of non-ortho nitro benzene ring substituents is 1. The Bertz CT molecular complexity index is 515. The lowest BCUT2D eigenvalue weighted by molar-refractivity contribution is -0.384. The molecule has 0 N–H and O–H groups in total. The van der Waals surface area contributed by atoms with E-state index in [1.165, 1.54) is 19.2 Å². The fourth-order valence-electron chi connectivity index (χ4n) is 2.47. The van der Waals surface area contributed by atoms with Gasteiger partial charge in [-0.05, 0) is 31.4 Å². The molecule has 19 heavy (non-hydrogen) atoms. The first-order valence-electron chi connectivity index (χ1n) is 6.13. The van der Waals surface area contributed by atoms with Crippen molar-refractivity contribution in [3.8, 4) is 0 Å². The van der Waals surface area contributed by atoms with Crippen LogP contribution in [0.2, 0.25) is 0 Å². The Hall–Kier alpha value is -2.11. The highest BCUT2D eigenvalue weighted by molar-refractivity contribution is 5.81. The van der Waals surface area contributed by atoms with Gasteiger partial charge in [0.05, 0.1) is 12.0 Å². The highest BCUT2D eigenvalue weighted by atomic mass is 16.6. The molecular formula is C13H16N2O4. The van der Waals surface area contributed by atoms with Crippen molar-refractivity contribution in [3.05, 3.63) is 33.9 Å². The fraction of sp³-hybridized carbons (Fsp3) is 0.462. The molecule has 1 fully saturated rings. The van der Waals surface area contributed by atoms with Crippen molar-refractivity contribution in [1.82, 2.24) is 0 Å². The lowest BCUT2D eigenvalue weighted by Crippen LogP contribution is -2.36. The van der Waals surface area contributed by atoms with Gasteiger partial charge in [-0.2, -0.15) is 0 Å². The molecule has 1 aromatic carbocycles. The number of carbonyl (C=O) groups is 1. The van der Waals surface area contributed by atoms with E-state index in [0.717, 1.165) is 12.0 Å². The normalized spacial score (nSPS) is 18.4. The van der Waals surface area contributed by atoms with Gasteiger partial charge in [0, 0.05) is 24.4 Å². The van der Waals surface area contributed by atoms with Gasteiger partial charge in [0.15, 0.2) is 0 Å². The Morgan fingerprint density at radius 3 is 2.84 bits per heavy atom. The molecule has 0 bridgehead atoms. The number of nitro benzene ring substituents is 1. The lowest BCUT2D eigenvalue weighted by atomic mass is 10.1. The number of rotatable bonds is 3. The van der Waals surface area contributed by atoms with Crippen molar-refractivity contribution in [2.24, 2.45) is 0 Å². The molecule has 1 aliphatic rings. The topological polar surface area (TPSA) is 72.7 Å². The van der Waals surface area contributed by atoms with Crippen LogP contribution in [0.25, 0.3) is 0 Å². The molecule has 0 spiro atoms. The number of methoxy groups -OCH3 is 1. The zero-order valence-corrected chi connectivity index (χ0v) is 11.0. The number of esters is 1. The molecule has 0 saturated carbocycles. The van der Waals surface area contributed by atoms with Gasteiger partial charge in [0.1, 0.15) is 6.04 Å². The molecule has 1 aromatic rings. The summed E-state index contributed by atoms with van der Waals surface area (Å²) in [7, 11) is 1.36. The van der Waals surface area contributed by atoms with E-state index in [1.54, 1.807) is 6.92 Å². The van der Waals surface area contributed by atoms with Crippen LogP contribution in [0.1, 0.15) is 18.4 Å². The van der Waals surface area contributed by atoms with Crippen molar-refractivity contribution in [2.45, 2.75) is 25.8 Å². The Morgan fingerprint density at radius 1 is 1.47 bits per heavy atom. The number of hydrogen-bond acceptors (Lipinski definition) is 5. The molecule has 1 aliphatic heterocycles. The van der Waals surface area contributed by atoms with Crippen LogP contribution in [0, 0.1) is 17.0 Å². The van der Waals surface area contributed by atoms with E-state index in [-0.39, 0.29) is 17.7 Å². The molecule has 0 aliphatic carbocycles. The van der Waals surface area contributed by atoms with Crippen LogP contribution in [0.3, 0.4) is 0 Å². The third kappa shape index (κ3) is 2.67. The van der Waals surface area contributed by atoms with Crippen LogP contribution in [0.5, 0.6) is 0 Å². The van der Waals surface area contributed by atoms with E-state index in [2.05, 4.69) is 0 Å². The Balaban J connectivity index is 2.35. The standard InChI is InChI=1S/C13H16N2O4/c1-9-6-10(8-11(7-9)15(17)18)14-5-3-4-12(14)13(16)19-2/h6-8,12H,3-5H2,1-2H3. The summed E-state index contributed by atoms with van der Waals surface area (Å²) in [6.07, 6.45) is 1.59. The number of nitro groups is 1. The molecule has 1 saturated heterocycles. The molecule has 0 amide bonds. The van der Waals surface area contributed by atoms with Crippen LogP contribution in [0.4, 0.5) is 11.4 Å². The van der Waals surface area contributed by atoms with Crippen molar-refractivity contribution in [3.63, 3.8) is 0 Å². The largest absolute Gasteiger partial charge is 0.467 e. The number of hydrogen-bond donors (Lipinski definition) is 0. The van der Waals surface area contributed by atoms with Gasteiger partial charge in [-0.25, -0.2) is 4.79 Å². The molecule has 6 heteroatoms. The third-order valence-corrected chi connectivity index (χ3v) is 3.32. The van der Waals surface area contributed by atoms with E-state index in [1.807, 2.05) is 11.0 Å². The summed E-state index contributed by atoms with van der Waals surface area (Å²) in [5.41, 5.74) is 1.56. The highest BCUT2D eigenvalue weighted by Crippen LogP contribution is 2.30. The van der Waals surface area contributed by atoms with Crippen LogP contribution < -0.4 is 4.90 Å². The number of ether oxygens (including phenoxy) is 1. The molecule has 1 atom stereocenters. The average Bonchev–Trinajstić information content (AvgIpc) is 2.86. The van der Waals surface area contributed by atoms with E-state index < -0.39 is 4.92 Å². The van der Waals surface area contributed by atoms with Crippen LogP contribution >= 0.6 is 0 Å². The Morgan fingerprint density at radius 2 is 2.21 bits per heavy atom. The van der Waals surface area contributed by atoms with Crippen molar-refractivity contribution in [2.75, 3.05) is 18.6 Å². The first-order valence-corrected chi connectivity index (χ1v) is 6.13. The van der Waals surface area contributed by atoms with Gasteiger partial charge in [0.25, 0.3) is 5.69 Å². The summed E-state index contributed by atoms with van der Waals surface area (Å²) in [5, 5.41) is 10.9. The quantitative estimate of drug-likeness (QED) is 0.474. The van der Waals surface area contributed by atoms with E-state index in [0.29, 0.717) is 18.7 Å². The molecule has 6 nitrogen and oxygen atoms in total.